The van der Waals surface area contributed by atoms with E-state index in [1.165, 1.54) is 29.0 Å². The Morgan fingerprint density at radius 2 is 1.89 bits per heavy atom. The Morgan fingerprint density at radius 3 is 2.70 bits per heavy atom. The molecule has 0 aliphatic carbocycles. The zero-order valence-corrected chi connectivity index (χ0v) is 16.1. The van der Waals surface area contributed by atoms with Crippen molar-refractivity contribution in [2.24, 2.45) is 0 Å². The first-order valence-corrected chi connectivity index (χ1v) is 9.52. The molecule has 0 saturated heterocycles. The minimum Gasteiger partial charge on any atom is -0.423 e. The number of nitrogens with zero attached hydrogens (tertiary/aromatic N) is 4. The lowest BCUT2D eigenvalue weighted by Crippen LogP contribution is -2.02. The maximum atomic E-state index is 11.9. The van der Waals surface area contributed by atoms with Gasteiger partial charge in [0.25, 0.3) is 0 Å². The first-order valence-electron chi connectivity index (χ1n) is 8.53. The average Bonchev–Trinajstić information content (AvgIpc) is 3.10. The molecule has 0 radical (unpaired) electrons. The molecule has 0 unspecified atom stereocenters. The Hall–Kier alpha value is -2.93. The maximum Gasteiger partial charge on any atom is 0.336 e. The Bertz CT molecular complexity index is 1200. The van der Waals surface area contributed by atoms with E-state index in [2.05, 4.69) is 41.5 Å². The zero-order valence-electron chi connectivity index (χ0n) is 15.3. The van der Waals surface area contributed by atoms with Gasteiger partial charge in [-0.15, -0.1) is 5.10 Å². The highest BCUT2D eigenvalue weighted by Crippen LogP contribution is 2.27. The summed E-state index contributed by atoms with van der Waals surface area (Å²) in [6.45, 7) is 6.11. The van der Waals surface area contributed by atoms with E-state index in [0.29, 0.717) is 16.5 Å². The van der Waals surface area contributed by atoms with E-state index in [9.17, 15) is 4.79 Å². The predicted molar refractivity (Wildman–Crippen MR) is 105 cm³/mol. The maximum absolute atomic E-state index is 11.9. The van der Waals surface area contributed by atoms with E-state index in [0.717, 1.165) is 22.2 Å². The normalized spacial score (nSPS) is 11.2. The summed E-state index contributed by atoms with van der Waals surface area (Å²) in [6.07, 6.45) is 0. The topological polar surface area (TPSA) is 73.8 Å². The summed E-state index contributed by atoms with van der Waals surface area (Å²) in [5.74, 6) is 0.566. The lowest BCUT2D eigenvalue weighted by molar-refractivity contribution is 0.559. The molecule has 0 saturated carbocycles. The molecule has 2 aromatic heterocycles. The van der Waals surface area contributed by atoms with E-state index in [4.69, 9.17) is 4.42 Å². The Balaban J connectivity index is 1.66. The minimum atomic E-state index is -0.350. The minimum absolute atomic E-state index is 0.350. The fourth-order valence-corrected chi connectivity index (χ4v) is 3.77. The second-order valence-corrected chi connectivity index (χ2v) is 7.46. The number of aromatic nitrogens is 4. The van der Waals surface area contributed by atoms with Crippen molar-refractivity contribution < 1.29 is 4.42 Å². The third-order valence-electron chi connectivity index (χ3n) is 4.52. The van der Waals surface area contributed by atoms with Gasteiger partial charge in [-0.25, -0.2) is 4.79 Å². The molecule has 0 aliphatic heterocycles. The molecule has 136 valence electrons. The van der Waals surface area contributed by atoms with E-state index < -0.39 is 0 Å². The summed E-state index contributed by atoms with van der Waals surface area (Å²) >= 11 is 1.49. The van der Waals surface area contributed by atoms with Crippen molar-refractivity contribution >= 4 is 22.7 Å². The Morgan fingerprint density at radius 1 is 1.04 bits per heavy atom. The van der Waals surface area contributed by atoms with Crippen LogP contribution in [0.5, 0.6) is 0 Å². The van der Waals surface area contributed by atoms with Gasteiger partial charge in [0.15, 0.2) is 0 Å². The predicted octanol–water partition coefficient (Wildman–Crippen LogP) is 3.99. The van der Waals surface area contributed by atoms with Crippen LogP contribution in [0.25, 0.3) is 16.7 Å². The first kappa shape index (κ1) is 17.5. The third-order valence-corrected chi connectivity index (χ3v) is 5.49. The van der Waals surface area contributed by atoms with Crippen LogP contribution >= 0.6 is 11.8 Å². The molecule has 0 fully saturated rings. The first-order chi connectivity index (χ1) is 13.0. The number of hydrogen-bond acceptors (Lipinski definition) is 6. The third kappa shape index (κ3) is 3.50. The standard InChI is InChI=1S/C20H18N4O2S/c1-12-4-7-17-15(10-19(25)26-18(17)8-12)11-27-20-21-22-23-24(20)16-6-5-13(2)14(3)9-16/h4-10H,11H2,1-3H3. The van der Waals surface area contributed by atoms with E-state index in [-0.39, 0.29) is 5.63 Å². The summed E-state index contributed by atoms with van der Waals surface area (Å²) < 4.78 is 7.04. The van der Waals surface area contributed by atoms with Gasteiger partial charge >= 0.3 is 5.63 Å². The Labute approximate surface area is 160 Å². The lowest BCUT2D eigenvalue weighted by Gasteiger charge is -2.08. The summed E-state index contributed by atoms with van der Waals surface area (Å²) in [4.78, 5) is 11.9. The smallest absolute Gasteiger partial charge is 0.336 e. The van der Waals surface area contributed by atoms with Gasteiger partial charge in [0.1, 0.15) is 5.58 Å². The van der Waals surface area contributed by atoms with Crippen molar-refractivity contribution in [2.75, 3.05) is 0 Å². The van der Waals surface area contributed by atoms with Crippen LogP contribution in [0.1, 0.15) is 22.3 Å². The summed E-state index contributed by atoms with van der Waals surface area (Å²) in [5, 5.41) is 13.7. The van der Waals surface area contributed by atoms with Crippen molar-refractivity contribution in [3.8, 4) is 5.69 Å². The second kappa shape index (κ2) is 7.00. The zero-order chi connectivity index (χ0) is 19.0. The summed E-state index contributed by atoms with van der Waals surface area (Å²) in [7, 11) is 0. The van der Waals surface area contributed by atoms with Crippen molar-refractivity contribution in [2.45, 2.75) is 31.7 Å². The summed E-state index contributed by atoms with van der Waals surface area (Å²) in [6, 6.07) is 13.5. The molecule has 4 aromatic rings. The molecule has 6 nitrogen and oxygen atoms in total. The number of benzene rings is 2. The molecule has 0 atom stereocenters. The van der Waals surface area contributed by atoms with Crippen molar-refractivity contribution in [1.82, 2.24) is 20.2 Å². The fourth-order valence-electron chi connectivity index (χ4n) is 2.89. The highest BCUT2D eigenvalue weighted by Gasteiger charge is 2.12. The molecular formula is C20H18N4O2S. The van der Waals surface area contributed by atoms with Gasteiger partial charge in [-0.3, -0.25) is 0 Å². The van der Waals surface area contributed by atoms with Crippen LogP contribution in [0.3, 0.4) is 0 Å². The quantitative estimate of drug-likeness (QED) is 0.395. The number of thioether (sulfide) groups is 1. The largest absolute Gasteiger partial charge is 0.423 e. The molecule has 0 N–H and O–H groups in total. The van der Waals surface area contributed by atoms with Gasteiger partial charge in [0.2, 0.25) is 5.16 Å². The van der Waals surface area contributed by atoms with Crippen molar-refractivity contribution in [3.05, 3.63) is 75.1 Å². The highest BCUT2D eigenvalue weighted by molar-refractivity contribution is 7.98. The molecule has 0 bridgehead atoms. The van der Waals surface area contributed by atoms with Gasteiger partial charge in [-0.1, -0.05) is 30.0 Å². The average molecular weight is 378 g/mol. The molecule has 2 heterocycles. The van der Waals surface area contributed by atoms with Gasteiger partial charge in [-0.05, 0) is 71.7 Å². The van der Waals surface area contributed by atoms with E-state index in [1.807, 2.05) is 31.2 Å². The lowest BCUT2D eigenvalue weighted by atomic mass is 10.1. The molecule has 0 aliphatic rings. The van der Waals surface area contributed by atoms with Crippen LogP contribution in [0.2, 0.25) is 0 Å². The molecule has 27 heavy (non-hydrogen) atoms. The van der Waals surface area contributed by atoms with Gasteiger partial charge < -0.3 is 4.42 Å². The number of rotatable bonds is 4. The van der Waals surface area contributed by atoms with Crippen molar-refractivity contribution in [3.63, 3.8) is 0 Å². The number of aryl methyl sites for hydroxylation is 3. The molecule has 0 amide bonds. The van der Waals surface area contributed by atoms with Crippen LogP contribution in [-0.4, -0.2) is 20.2 Å². The van der Waals surface area contributed by atoms with Crippen LogP contribution in [0.15, 0.2) is 56.8 Å². The second-order valence-electron chi connectivity index (χ2n) is 6.52. The Kier molecular flexibility index (Phi) is 4.53. The molecule has 2 aromatic carbocycles. The van der Waals surface area contributed by atoms with Gasteiger partial charge in [-0.2, -0.15) is 4.68 Å². The molecule has 4 rings (SSSR count). The monoisotopic (exact) mass is 378 g/mol. The molecule has 7 heteroatoms. The fraction of sp³-hybridized carbons (Fsp3) is 0.200. The molecular weight excluding hydrogens is 360 g/mol. The summed E-state index contributed by atoms with van der Waals surface area (Å²) in [5.41, 5.74) is 5.53. The van der Waals surface area contributed by atoms with Crippen LogP contribution in [-0.2, 0) is 5.75 Å². The highest BCUT2D eigenvalue weighted by atomic mass is 32.2. The van der Waals surface area contributed by atoms with Gasteiger partial charge in [0, 0.05) is 17.2 Å². The number of fused-ring (bicyclic) bond motifs is 1. The molecule has 0 spiro atoms. The van der Waals surface area contributed by atoms with Crippen molar-refractivity contribution in [1.29, 1.82) is 0 Å². The van der Waals surface area contributed by atoms with Crippen LogP contribution in [0.4, 0.5) is 0 Å². The number of tetrazole rings is 1. The van der Waals surface area contributed by atoms with Gasteiger partial charge in [0.05, 0.1) is 5.69 Å². The van der Waals surface area contributed by atoms with Crippen LogP contribution in [0, 0.1) is 20.8 Å². The van der Waals surface area contributed by atoms with E-state index >= 15 is 0 Å². The SMILES string of the molecule is Cc1ccc2c(CSc3nnnn3-c3ccc(C)c(C)c3)cc(=O)oc2c1. The van der Waals surface area contributed by atoms with E-state index in [1.54, 1.807) is 4.68 Å². The number of hydrogen-bond donors (Lipinski definition) is 0. The van der Waals surface area contributed by atoms with Crippen LogP contribution < -0.4 is 5.63 Å².